The van der Waals surface area contributed by atoms with E-state index in [2.05, 4.69) is 0 Å². The molecule has 0 saturated carbocycles. The molecule has 100 valence electrons. The topological polar surface area (TPSA) is 72.4 Å². The van der Waals surface area contributed by atoms with Gasteiger partial charge < -0.3 is 14.1 Å². The molecule has 0 unspecified atom stereocenters. The van der Waals surface area contributed by atoms with Gasteiger partial charge >= 0.3 is 5.97 Å². The zero-order valence-corrected chi connectivity index (χ0v) is 10.4. The summed E-state index contributed by atoms with van der Waals surface area (Å²) in [6, 6.07) is 11.9. The minimum Gasteiger partial charge on any atom is -0.477 e. The fourth-order valence-electron chi connectivity index (χ4n) is 2.18. The van der Waals surface area contributed by atoms with Crippen molar-refractivity contribution in [2.75, 3.05) is 0 Å². The van der Waals surface area contributed by atoms with Crippen molar-refractivity contribution < 1.29 is 19.1 Å². The van der Waals surface area contributed by atoms with Crippen LogP contribution >= 0.6 is 0 Å². The quantitative estimate of drug-likeness (QED) is 0.739. The molecule has 0 aliphatic carbocycles. The number of nitrogens with zero attached hydrogens (tertiary/aromatic N) is 1. The Morgan fingerprint density at radius 3 is 2.60 bits per heavy atom. The van der Waals surface area contributed by atoms with Gasteiger partial charge in [0.05, 0.1) is 18.3 Å². The molecule has 0 fully saturated rings. The average molecular weight is 269 g/mol. The molecule has 1 N–H and O–H groups in total. The Labute approximate surface area is 114 Å². The maximum Gasteiger partial charge on any atom is 0.352 e. The van der Waals surface area contributed by atoms with Crippen LogP contribution in [0.1, 0.15) is 20.8 Å². The fraction of sp³-hybridized carbons (Fsp3) is 0.0667. The van der Waals surface area contributed by atoms with Crippen molar-refractivity contribution in [3.63, 3.8) is 0 Å². The SMILES string of the molecule is O=C(Cn1c(C(=O)O)cc2occc21)c1ccccc1. The third-order valence-electron chi connectivity index (χ3n) is 3.14. The maximum absolute atomic E-state index is 12.2. The minimum atomic E-state index is -1.09. The van der Waals surface area contributed by atoms with Crippen molar-refractivity contribution in [2.45, 2.75) is 6.54 Å². The number of carbonyl (C=O) groups is 2. The lowest BCUT2D eigenvalue weighted by molar-refractivity contribution is 0.0685. The number of ketones is 1. The summed E-state index contributed by atoms with van der Waals surface area (Å²) in [6.45, 7) is -0.0331. The van der Waals surface area contributed by atoms with Crippen molar-refractivity contribution in [1.82, 2.24) is 4.57 Å². The van der Waals surface area contributed by atoms with Crippen LogP contribution in [0.2, 0.25) is 0 Å². The van der Waals surface area contributed by atoms with Crippen molar-refractivity contribution in [1.29, 1.82) is 0 Å². The standard InChI is InChI=1S/C15H11NO4/c17-13(10-4-2-1-3-5-10)9-16-11-6-7-20-14(11)8-12(16)15(18)19/h1-8H,9H2,(H,18,19). The van der Waals surface area contributed by atoms with Crippen molar-refractivity contribution in [3.05, 3.63) is 60.0 Å². The van der Waals surface area contributed by atoms with E-state index in [1.807, 2.05) is 6.07 Å². The normalized spacial score (nSPS) is 10.8. The van der Waals surface area contributed by atoms with Crippen LogP contribution in [0.25, 0.3) is 11.1 Å². The number of hydrogen-bond acceptors (Lipinski definition) is 3. The van der Waals surface area contributed by atoms with Gasteiger partial charge in [-0.15, -0.1) is 0 Å². The highest BCUT2D eigenvalue weighted by Crippen LogP contribution is 2.21. The van der Waals surface area contributed by atoms with E-state index in [0.29, 0.717) is 16.7 Å². The predicted molar refractivity (Wildman–Crippen MR) is 71.9 cm³/mol. The average Bonchev–Trinajstić information content (AvgIpc) is 3.02. The number of fused-ring (bicyclic) bond motifs is 1. The number of aromatic carboxylic acids is 1. The van der Waals surface area contributed by atoms with Crippen LogP contribution in [0.15, 0.2) is 53.1 Å². The highest BCUT2D eigenvalue weighted by atomic mass is 16.4. The smallest absolute Gasteiger partial charge is 0.352 e. The molecule has 2 aromatic heterocycles. The second-order valence-electron chi connectivity index (χ2n) is 4.38. The first kappa shape index (κ1) is 12.2. The molecule has 0 amide bonds. The highest BCUT2D eigenvalue weighted by Gasteiger charge is 2.19. The fourth-order valence-corrected chi connectivity index (χ4v) is 2.18. The van der Waals surface area contributed by atoms with Gasteiger partial charge in [0, 0.05) is 17.7 Å². The van der Waals surface area contributed by atoms with E-state index in [1.165, 1.54) is 16.9 Å². The van der Waals surface area contributed by atoms with Gasteiger partial charge in [-0.3, -0.25) is 4.79 Å². The van der Waals surface area contributed by atoms with E-state index in [0.717, 1.165) is 0 Å². The van der Waals surface area contributed by atoms with Crippen LogP contribution in [-0.4, -0.2) is 21.4 Å². The molecule has 0 radical (unpaired) electrons. The first-order valence-corrected chi connectivity index (χ1v) is 6.05. The molecule has 0 aliphatic rings. The van der Waals surface area contributed by atoms with Crippen LogP contribution in [-0.2, 0) is 6.54 Å². The second-order valence-corrected chi connectivity index (χ2v) is 4.38. The number of carbonyl (C=O) groups excluding carboxylic acids is 1. The van der Waals surface area contributed by atoms with Crippen LogP contribution in [0.3, 0.4) is 0 Å². The molecule has 3 aromatic rings. The summed E-state index contributed by atoms with van der Waals surface area (Å²) in [5.74, 6) is -1.23. The molecule has 0 bridgehead atoms. The van der Waals surface area contributed by atoms with Gasteiger partial charge in [0.15, 0.2) is 11.4 Å². The third kappa shape index (κ3) is 1.99. The third-order valence-corrected chi connectivity index (χ3v) is 3.14. The number of carboxylic acid groups (broad SMARTS) is 1. The van der Waals surface area contributed by atoms with Gasteiger partial charge in [-0.25, -0.2) is 4.79 Å². The van der Waals surface area contributed by atoms with E-state index < -0.39 is 5.97 Å². The molecule has 1 aromatic carbocycles. The van der Waals surface area contributed by atoms with E-state index in [-0.39, 0.29) is 18.0 Å². The summed E-state index contributed by atoms with van der Waals surface area (Å²) in [5.41, 5.74) is 1.66. The molecule has 20 heavy (non-hydrogen) atoms. The van der Waals surface area contributed by atoms with Gasteiger partial charge in [-0.05, 0) is 0 Å². The molecule has 3 rings (SSSR count). The Morgan fingerprint density at radius 1 is 1.15 bits per heavy atom. The number of furan rings is 1. The zero-order chi connectivity index (χ0) is 14.1. The Bertz CT molecular complexity index is 783. The molecule has 5 heteroatoms. The minimum absolute atomic E-state index is 0.0331. The van der Waals surface area contributed by atoms with E-state index in [4.69, 9.17) is 4.42 Å². The van der Waals surface area contributed by atoms with Gasteiger partial charge in [0.1, 0.15) is 5.69 Å². The monoisotopic (exact) mass is 269 g/mol. The highest BCUT2D eigenvalue weighted by molar-refractivity contribution is 5.99. The Balaban J connectivity index is 2.01. The lowest BCUT2D eigenvalue weighted by Crippen LogP contribution is -2.15. The molecule has 0 spiro atoms. The summed E-state index contributed by atoms with van der Waals surface area (Å²) in [7, 11) is 0. The zero-order valence-electron chi connectivity index (χ0n) is 10.4. The van der Waals surface area contributed by atoms with Crippen LogP contribution < -0.4 is 0 Å². The molecule has 0 atom stereocenters. The molecular formula is C15H11NO4. The Morgan fingerprint density at radius 2 is 1.90 bits per heavy atom. The lowest BCUT2D eigenvalue weighted by atomic mass is 10.1. The van der Waals surface area contributed by atoms with Gasteiger partial charge in [-0.1, -0.05) is 30.3 Å². The molecule has 5 nitrogen and oxygen atoms in total. The number of aromatic nitrogens is 1. The summed E-state index contributed by atoms with van der Waals surface area (Å²) in [6.07, 6.45) is 1.47. The van der Waals surface area contributed by atoms with E-state index in [9.17, 15) is 14.7 Å². The van der Waals surface area contributed by atoms with Crippen molar-refractivity contribution >= 4 is 22.9 Å². The molecule has 0 saturated heterocycles. The van der Waals surface area contributed by atoms with Crippen LogP contribution in [0, 0.1) is 0 Å². The predicted octanol–water partition coefficient (Wildman–Crippen LogP) is 2.82. The Hall–Kier alpha value is -2.82. The summed E-state index contributed by atoms with van der Waals surface area (Å²) >= 11 is 0. The number of rotatable bonds is 4. The number of carboxylic acids is 1. The van der Waals surface area contributed by atoms with E-state index in [1.54, 1.807) is 30.3 Å². The molecule has 2 heterocycles. The van der Waals surface area contributed by atoms with Gasteiger partial charge in [0.2, 0.25) is 0 Å². The van der Waals surface area contributed by atoms with Crippen LogP contribution in [0.5, 0.6) is 0 Å². The summed E-state index contributed by atoms with van der Waals surface area (Å²) in [5, 5.41) is 9.19. The maximum atomic E-state index is 12.2. The number of Topliss-reactive ketones (excluding diaryl/α,β-unsaturated/α-hetero) is 1. The summed E-state index contributed by atoms with van der Waals surface area (Å²) < 4.78 is 6.64. The lowest BCUT2D eigenvalue weighted by Gasteiger charge is -2.06. The first-order chi connectivity index (χ1) is 9.66. The number of benzene rings is 1. The first-order valence-electron chi connectivity index (χ1n) is 6.05. The van der Waals surface area contributed by atoms with Crippen molar-refractivity contribution in [3.8, 4) is 0 Å². The number of hydrogen-bond donors (Lipinski definition) is 1. The van der Waals surface area contributed by atoms with Crippen LogP contribution in [0.4, 0.5) is 0 Å². The molecular weight excluding hydrogens is 258 g/mol. The Kier molecular flexibility index (Phi) is 2.87. The van der Waals surface area contributed by atoms with Gasteiger partial charge in [0.25, 0.3) is 0 Å². The molecule has 0 aliphatic heterocycles. The largest absolute Gasteiger partial charge is 0.477 e. The summed E-state index contributed by atoms with van der Waals surface area (Å²) in [4.78, 5) is 23.4. The van der Waals surface area contributed by atoms with Crippen molar-refractivity contribution in [2.24, 2.45) is 0 Å². The second kappa shape index (κ2) is 4.70. The van der Waals surface area contributed by atoms with E-state index >= 15 is 0 Å². The van der Waals surface area contributed by atoms with Gasteiger partial charge in [-0.2, -0.15) is 0 Å².